The van der Waals surface area contributed by atoms with E-state index < -0.39 is 0 Å². The first-order valence-electron chi connectivity index (χ1n) is 8.16. The third-order valence-electron chi connectivity index (χ3n) is 5.54. The molecule has 2 unspecified atom stereocenters. The first kappa shape index (κ1) is 13.3. The third kappa shape index (κ3) is 2.10. The highest BCUT2D eigenvalue weighted by Gasteiger charge is 2.61. The van der Waals surface area contributed by atoms with Gasteiger partial charge >= 0.3 is 0 Å². The molecule has 3 fully saturated rings. The predicted octanol–water partition coefficient (Wildman–Crippen LogP) is 3.23. The number of carbonyl (C=O) groups is 1. The van der Waals surface area contributed by atoms with Crippen LogP contribution in [0, 0.1) is 5.41 Å². The number of amides is 1. The summed E-state index contributed by atoms with van der Waals surface area (Å²) in [5, 5.41) is 3.64. The maximum Gasteiger partial charge on any atom is 0.244 e. The van der Waals surface area contributed by atoms with Crippen molar-refractivity contribution < 1.29 is 4.79 Å². The Hall–Kier alpha value is -1.35. The Morgan fingerprint density at radius 1 is 1.14 bits per heavy atom. The molecule has 1 aromatic rings. The van der Waals surface area contributed by atoms with E-state index in [-0.39, 0.29) is 11.7 Å². The van der Waals surface area contributed by atoms with Crippen molar-refractivity contribution in [2.75, 3.05) is 0 Å². The van der Waals surface area contributed by atoms with Crippen molar-refractivity contribution in [2.45, 2.75) is 63.7 Å². The van der Waals surface area contributed by atoms with Crippen LogP contribution < -0.4 is 5.32 Å². The fourth-order valence-electron chi connectivity index (χ4n) is 4.13. The van der Waals surface area contributed by atoms with Crippen LogP contribution >= 0.6 is 0 Å². The monoisotopic (exact) mass is 284 g/mol. The molecule has 0 bridgehead atoms. The first-order valence-corrected chi connectivity index (χ1v) is 8.16. The highest BCUT2D eigenvalue weighted by molar-refractivity contribution is 5.92. The summed E-state index contributed by atoms with van der Waals surface area (Å²) in [6.45, 7) is 4.65. The Kier molecular flexibility index (Phi) is 2.74. The predicted molar refractivity (Wildman–Crippen MR) is 82.5 cm³/mol. The zero-order valence-corrected chi connectivity index (χ0v) is 12.9. The Morgan fingerprint density at radius 2 is 1.86 bits per heavy atom. The molecular formula is C18H24N2O. The van der Waals surface area contributed by atoms with Crippen molar-refractivity contribution in [1.29, 1.82) is 0 Å². The maximum atomic E-state index is 12.9. The molecule has 112 valence electrons. The van der Waals surface area contributed by atoms with Crippen LogP contribution in [0.5, 0.6) is 0 Å². The van der Waals surface area contributed by atoms with Gasteiger partial charge in [-0.2, -0.15) is 0 Å². The molecule has 2 aliphatic carbocycles. The summed E-state index contributed by atoms with van der Waals surface area (Å²) in [5.41, 5.74) is 1.36. The quantitative estimate of drug-likeness (QED) is 0.904. The highest BCUT2D eigenvalue weighted by atomic mass is 16.2. The smallest absolute Gasteiger partial charge is 0.244 e. The first-order chi connectivity index (χ1) is 10.0. The van der Waals surface area contributed by atoms with Crippen molar-refractivity contribution >= 4 is 5.91 Å². The molecule has 1 heterocycles. The van der Waals surface area contributed by atoms with Crippen LogP contribution in [0.1, 0.15) is 57.7 Å². The SMILES string of the molecule is CC1(C)CCC(N2C(=O)C3(CC3)NC2c2ccccc2)C1. The summed E-state index contributed by atoms with van der Waals surface area (Å²) < 4.78 is 0. The van der Waals surface area contributed by atoms with Gasteiger partial charge in [-0.1, -0.05) is 44.2 Å². The Morgan fingerprint density at radius 3 is 2.43 bits per heavy atom. The average Bonchev–Trinajstić information content (AvgIpc) is 3.08. The van der Waals surface area contributed by atoms with Crippen LogP contribution in [0.3, 0.4) is 0 Å². The normalized spacial score (nSPS) is 32.9. The van der Waals surface area contributed by atoms with Gasteiger partial charge in [0.25, 0.3) is 0 Å². The molecule has 2 saturated carbocycles. The lowest BCUT2D eigenvalue weighted by Gasteiger charge is -2.31. The van der Waals surface area contributed by atoms with Crippen molar-refractivity contribution in [3.8, 4) is 0 Å². The van der Waals surface area contributed by atoms with Crippen LogP contribution in [0.25, 0.3) is 0 Å². The molecule has 3 nitrogen and oxygen atoms in total. The molecule has 1 N–H and O–H groups in total. The molecule has 1 aromatic carbocycles. The lowest BCUT2D eigenvalue weighted by molar-refractivity contribution is -0.133. The molecule has 3 aliphatic rings. The highest BCUT2D eigenvalue weighted by Crippen LogP contribution is 2.50. The van der Waals surface area contributed by atoms with Gasteiger partial charge in [0.15, 0.2) is 0 Å². The van der Waals surface area contributed by atoms with Gasteiger partial charge in [0, 0.05) is 6.04 Å². The van der Waals surface area contributed by atoms with Gasteiger partial charge in [-0.05, 0) is 43.1 Å². The standard InChI is InChI=1S/C18H24N2O/c1-17(2)9-8-14(12-17)20-15(13-6-4-3-5-7-13)19-18(10-11-18)16(20)21/h3-7,14-15,19H,8-12H2,1-2H3. The maximum absolute atomic E-state index is 12.9. The van der Waals surface area contributed by atoms with Gasteiger partial charge < -0.3 is 4.90 Å². The minimum Gasteiger partial charge on any atom is -0.318 e. The number of rotatable bonds is 2. The lowest BCUT2D eigenvalue weighted by atomic mass is 9.91. The number of benzene rings is 1. The van der Waals surface area contributed by atoms with Crippen LogP contribution in [-0.2, 0) is 4.79 Å². The largest absolute Gasteiger partial charge is 0.318 e. The van der Waals surface area contributed by atoms with E-state index in [1.54, 1.807) is 0 Å². The Labute approximate surface area is 126 Å². The third-order valence-corrected chi connectivity index (χ3v) is 5.54. The molecule has 4 rings (SSSR count). The van der Waals surface area contributed by atoms with Gasteiger partial charge in [-0.3, -0.25) is 10.1 Å². The minimum atomic E-state index is -0.229. The number of hydrogen-bond acceptors (Lipinski definition) is 2. The van der Waals surface area contributed by atoms with E-state index in [2.05, 4.69) is 48.3 Å². The minimum absolute atomic E-state index is 0.0695. The van der Waals surface area contributed by atoms with Crippen molar-refractivity contribution in [3.63, 3.8) is 0 Å². The summed E-state index contributed by atoms with van der Waals surface area (Å²) in [7, 11) is 0. The van der Waals surface area contributed by atoms with Crippen molar-refractivity contribution in [1.82, 2.24) is 10.2 Å². The Balaban J connectivity index is 1.67. The van der Waals surface area contributed by atoms with Gasteiger partial charge in [0.05, 0.1) is 0 Å². The summed E-state index contributed by atoms with van der Waals surface area (Å²) in [4.78, 5) is 15.1. The van der Waals surface area contributed by atoms with Gasteiger partial charge in [-0.15, -0.1) is 0 Å². The fourth-order valence-corrected chi connectivity index (χ4v) is 4.13. The zero-order chi connectivity index (χ0) is 14.7. The summed E-state index contributed by atoms with van der Waals surface area (Å²) in [6.07, 6.45) is 5.55. The van der Waals surface area contributed by atoms with Gasteiger partial charge in [0.1, 0.15) is 11.7 Å². The van der Waals surface area contributed by atoms with E-state index in [0.717, 1.165) is 25.7 Å². The molecule has 21 heavy (non-hydrogen) atoms. The van der Waals surface area contributed by atoms with E-state index in [1.165, 1.54) is 12.0 Å². The molecule has 1 amide bonds. The van der Waals surface area contributed by atoms with Crippen LogP contribution in [0.4, 0.5) is 0 Å². The average molecular weight is 284 g/mol. The van der Waals surface area contributed by atoms with E-state index in [4.69, 9.17) is 0 Å². The van der Waals surface area contributed by atoms with Crippen LogP contribution in [0.2, 0.25) is 0 Å². The molecular weight excluding hydrogens is 260 g/mol. The van der Waals surface area contributed by atoms with E-state index in [1.807, 2.05) is 6.07 Å². The molecule has 0 radical (unpaired) electrons. The van der Waals surface area contributed by atoms with E-state index in [9.17, 15) is 4.79 Å². The summed E-state index contributed by atoms with van der Waals surface area (Å²) in [6, 6.07) is 10.8. The van der Waals surface area contributed by atoms with Crippen LogP contribution in [0.15, 0.2) is 30.3 Å². The zero-order valence-electron chi connectivity index (χ0n) is 12.9. The molecule has 1 saturated heterocycles. The van der Waals surface area contributed by atoms with Crippen molar-refractivity contribution in [3.05, 3.63) is 35.9 Å². The fraction of sp³-hybridized carbons (Fsp3) is 0.611. The Bertz CT molecular complexity index is 562. The number of carbonyl (C=O) groups excluding carboxylic acids is 1. The van der Waals surface area contributed by atoms with Gasteiger partial charge in [0.2, 0.25) is 5.91 Å². The molecule has 2 atom stereocenters. The van der Waals surface area contributed by atoms with E-state index >= 15 is 0 Å². The molecule has 3 heteroatoms. The lowest BCUT2D eigenvalue weighted by Crippen LogP contribution is -2.39. The van der Waals surface area contributed by atoms with Crippen LogP contribution in [-0.4, -0.2) is 22.4 Å². The second-order valence-electron chi connectivity index (χ2n) is 7.81. The topological polar surface area (TPSA) is 32.3 Å². The second-order valence-corrected chi connectivity index (χ2v) is 7.81. The molecule has 1 aliphatic heterocycles. The summed E-state index contributed by atoms with van der Waals surface area (Å²) >= 11 is 0. The summed E-state index contributed by atoms with van der Waals surface area (Å²) in [5.74, 6) is 0.346. The number of nitrogens with one attached hydrogen (secondary N) is 1. The second kappa shape index (κ2) is 4.33. The molecule has 0 aromatic heterocycles. The molecule has 1 spiro atoms. The number of hydrogen-bond donors (Lipinski definition) is 1. The van der Waals surface area contributed by atoms with Gasteiger partial charge in [-0.25, -0.2) is 0 Å². The van der Waals surface area contributed by atoms with Crippen molar-refractivity contribution in [2.24, 2.45) is 5.41 Å². The van der Waals surface area contributed by atoms with E-state index in [0.29, 0.717) is 17.4 Å². The number of nitrogens with zero attached hydrogens (tertiary/aromatic N) is 1.